The molecule has 2 amide bonds. The molecule has 5 nitrogen and oxygen atoms in total. The molecule has 0 spiro atoms. The maximum absolute atomic E-state index is 11.7. The fourth-order valence-electron chi connectivity index (χ4n) is 1.89. The summed E-state index contributed by atoms with van der Waals surface area (Å²) in [6.07, 6.45) is 0.587. The lowest BCUT2D eigenvalue weighted by Crippen LogP contribution is -2.36. The summed E-state index contributed by atoms with van der Waals surface area (Å²) in [4.78, 5) is 23.4. The van der Waals surface area contributed by atoms with Crippen molar-refractivity contribution < 1.29 is 14.7 Å². The van der Waals surface area contributed by atoms with Gasteiger partial charge in [0.05, 0.1) is 0 Å². The Morgan fingerprint density at radius 3 is 2.23 bits per heavy atom. The van der Waals surface area contributed by atoms with E-state index in [4.69, 9.17) is 0 Å². The van der Waals surface area contributed by atoms with Crippen molar-refractivity contribution >= 4 is 17.5 Å². The minimum atomic E-state index is -0.686. The Bertz CT molecular complexity index is 649. The highest BCUT2D eigenvalue weighted by atomic mass is 16.3. The molecule has 0 heterocycles. The SMILES string of the molecule is Cc1ccc(NC(=O)C(=O)NCCc2ccc(O)cc2)cc1. The number of aryl methyl sites for hydroxylation is 1. The normalized spacial score (nSPS) is 10.0. The summed E-state index contributed by atoms with van der Waals surface area (Å²) in [5.41, 5.74) is 2.64. The van der Waals surface area contributed by atoms with Crippen molar-refractivity contribution in [2.24, 2.45) is 0 Å². The highest BCUT2D eigenvalue weighted by Gasteiger charge is 2.12. The summed E-state index contributed by atoms with van der Waals surface area (Å²) in [5, 5.41) is 14.3. The first kappa shape index (κ1) is 15.6. The van der Waals surface area contributed by atoms with Crippen LogP contribution in [0.15, 0.2) is 48.5 Å². The van der Waals surface area contributed by atoms with Crippen LogP contribution in [0.5, 0.6) is 5.75 Å². The van der Waals surface area contributed by atoms with Gasteiger partial charge in [0, 0.05) is 12.2 Å². The average molecular weight is 298 g/mol. The van der Waals surface area contributed by atoms with Crippen LogP contribution in [0, 0.1) is 6.92 Å². The molecule has 0 saturated heterocycles. The molecule has 2 rings (SSSR count). The second-order valence-electron chi connectivity index (χ2n) is 4.99. The van der Waals surface area contributed by atoms with E-state index in [0.29, 0.717) is 18.7 Å². The molecule has 0 unspecified atom stereocenters. The van der Waals surface area contributed by atoms with Crippen molar-refractivity contribution in [3.63, 3.8) is 0 Å². The Morgan fingerprint density at radius 2 is 1.59 bits per heavy atom. The van der Waals surface area contributed by atoms with Crippen molar-refractivity contribution in [1.29, 1.82) is 0 Å². The molecule has 0 aliphatic rings. The van der Waals surface area contributed by atoms with Crippen molar-refractivity contribution in [3.05, 3.63) is 59.7 Å². The Hall–Kier alpha value is -2.82. The number of nitrogens with one attached hydrogen (secondary N) is 2. The van der Waals surface area contributed by atoms with E-state index in [1.165, 1.54) is 0 Å². The van der Waals surface area contributed by atoms with Crippen LogP contribution >= 0.6 is 0 Å². The van der Waals surface area contributed by atoms with Gasteiger partial charge in [0.15, 0.2) is 0 Å². The molecule has 0 aliphatic heterocycles. The van der Waals surface area contributed by atoms with Gasteiger partial charge >= 0.3 is 11.8 Å². The zero-order chi connectivity index (χ0) is 15.9. The van der Waals surface area contributed by atoms with E-state index in [0.717, 1.165) is 11.1 Å². The van der Waals surface area contributed by atoms with E-state index in [-0.39, 0.29) is 5.75 Å². The van der Waals surface area contributed by atoms with Crippen LogP contribution < -0.4 is 10.6 Å². The maximum Gasteiger partial charge on any atom is 0.313 e. The largest absolute Gasteiger partial charge is 0.508 e. The van der Waals surface area contributed by atoms with Crippen LogP contribution in [-0.4, -0.2) is 23.5 Å². The molecule has 0 radical (unpaired) electrons. The minimum Gasteiger partial charge on any atom is -0.508 e. The van der Waals surface area contributed by atoms with Crippen LogP contribution in [0.4, 0.5) is 5.69 Å². The van der Waals surface area contributed by atoms with E-state index < -0.39 is 11.8 Å². The van der Waals surface area contributed by atoms with Gasteiger partial charge in [-0.1, -0.05) is 29.8 Å². The van der Waals surface area contributed by atoms with Gasteiger partial charge in [-0.2, -0.15) is 0 Å². The van der Waals surface area contributed by atoms with Crippen LogP contribution in [-0.2, 0) is 16.0 Å². The quantitative estimate of drug-likeness (QED) is 0.755. The molecule has 3 N–H and O–H groups in total. The van der Waals surface area contributed by atoms with Crippen LogP contribution in [0.25, 0.3) is 0 Å². The average Bonchev–Trinajstić information content (AvgIpc) is 2.51. The third kappa shape index (κ3) is 4.63. The maximum atomic E-state index is 11.7. The van der Waals surface area contributed by atoms with Gasteiger partial charge in [-0.25, -0.2) is 0 Å². The second-order valence-corrected chi connectivity index (χ2v) is 4.99. The molecule has 0 bridgehead atoms. The number of carbonyl (C=O) groups excluding carboxylic acids is 2. The zero-order valence-corrected chi connectivity index (χ0v) is 12.3. The molecule has 2 aromatic carbocycles. The number of amides is 2. The summed E-state index contributed by atoms with van der Waals surface area (Å²) >= 11 is 0. The van der Waals surface area contributed by atoms with Gasteiger partial charge in [0.2, 0.25) is 0 Å². The number of phenols is 1. The van der Waals surface area contributed by atoms with Gasteiger partial charge in [-0.15, -0.1) is 0 Å². The molecule has 0 aromatic heterocycles. The summed E-state index contributed by atoms with van der Waals surface area (Å²) in [6.45, 7) is 2.30. The predicted octanol–water partition coefficient (Wildman–Crippen LogP) is 2.00. The molecule has 22 heavy (non-hydrogen) atoms. The monoisotopic (exact) mass is 298 g/mol. The summed E-state index contributed by atoms with van der Waals surface area (Å²) in [6, 6.07) is 13.9. The van der Waals surface area contributed by atoms with Crippen LogP contribution in [0.3, 0.4) is 0 Å². The molecule has 0 saturated carbocycles. The standard InChI is InChI=1S/C17H18N2O3/c1-12-2-6-14(7-3-12)19-17(22)16(21)18-11-10-13-4-8-15(20)9-5-13/h2-9,20H,10-11H2,1H3,(H,18,21)(H,19,22). The third-order valence-corrected chi connectivity index (χ3v) is 3.15. The number of aromatic hydroxyl groups is 1. The zero-order valence-electron chi connectivity index (χ0n) is 12.3. The number of benzene rings is 2. The minimum absolute atomic E-state index is 0.199. The van der Waals surface area contributed by atoms with Crippen molar-refractivity contribution in [2.45, 2.75) is 13.3 Å². The number of hydrogen-bond acceptors (Lipinski definition) is 3. The number of carbonyl (C=O) groups is 2. The van der Waals surface area contributed by atoms with Crippen molar-refractivity contribution in [2.75, 3.05) is 11.9 Å². The van der Waals surface area contributed by atoms with Gasteiger partial charge in [0.1, 0.15) is 5.75 Å². The molecule has 0 aliphatic carbocycles. The first-order valence-corrected chi connectivity index (χ1v) is 6.98. The molecule has 0 fully saturated rings. The van der Waals surface area contributed by atoms with Crippen molar-refractivity contribution in [1.82, 2.24) is 5.32 Å². The summed E-state index contributed by atoms with van der Waals surface area (Å²) < 4.78 is 0. The molecular weight excluding hydrogens is 280 g/mol. The second kappa shape index (κ2) is 7.26. The Balaban J connectivity index is 1.77. The van der Waals surface area contributed by atoms with Gasteiger partial charge in [-0.3, -0.25) is 9.59 Å². The number of hydrogen-bond donors (Lipinski definition) is 3. The Kier molecular flexibility index (Phi) is 5.14. The lowest BCUT2D eigenvalue weighted by atomic mass is 10.1. The van der Waals surface area contributed by atoms with E-state index in [2.05, 4.69) is 10.6 Å². The third-order valence-electron chi connectivity index (χ3n) is 3.15. The van der Waals surface area contributed by atoms with Crippen LogP contribution in [0.1, 0.15) is 11.1 Å². The van der Waals surface area contributed by atoms with Gasteiger partial charge in [-0.05, 0) is 43.2 Å². The summed E-state index contributed by atoms with van der Waals surface area (Å²) in [5.74, 6) is -1.15. The first-order chi connectivity index (χ1) is 10.5. The van der Waals surface area contributed by atoms with Crippen LogP contribution in [0.2, 0.25) is 0 Å². The highest BCUT2D eigenvalue weighted by Crippen LogP contribution is 2.10. The van der Waals surface area contributed by atoms with E-state index in [1.807, 2.05) is 19.1 Å². The van der Waals surface area contributed by atoms with Gasteiger partial charge in [0.25, 0.3) is 0 Å². The number of rotatable bonds is 4. The van der Waals surface area contributed by atoms with Gasteiger partial charge < -0.3 is 15.7 Å². The highest BCUT2D eigenvalue weighted by molar-refractivity contribution is 6.39. The molecule has 0 atom stereocenters. The smallest absolute Gasteiger partial charge is 0.313 e. The fourth-order valence-corrected chi connectivity index (χ4v) is 1.89. The summed E-state index contributed by atoms with van der Waals surface area (Å²) in [7, 11) is 0. The molecular formula is C17H18N2O3. The first-order valence-electron chi connectivity index (χ1n) is 6.98. The topological polar surface area (TPSA) is 78.4 Å². The van der Waals surface area contributed by atoms with E-state index >= 15 is 0 Å². The Morgan fingerprint density at radius 1 is 0.955 bits per heavy atom. The molecule has 5 heteroatoms. The van der Waals surface area contributed by atoms with E-state index in [9.17, 15) is 14.7 Å². The van der Waals surface area contributed by atoms with Crippen molar-refractivity contribution in [3.8, 4) is 5.75 Å². The van der Waals surface area contributed by atoms with E-state index in [1.54, 1.807) is 36.4 Å². The predicted molar refractivity (Wildman–Crippen MR) is 84.6 cm³/mol. The molecule has 2 aromatic rings. The number of phenolic OH excluding ortho intramolecular Hbond substituents is 1. The lowest BCUT2D eigenvalue weighted by molar-refractivity contribution is -0.136. The fraction of sp³-hybridized carbons (Fsp3) is 0.176. The number of anilines is 1. The Labute approximate surface area is 129 Å². The molecule has 114 valence electrons. The lowest BCUT2D eigenvalue weighted by Gasteiger charge is -2.07.